The smallest absolute Gasteiger partial charge is 0.277 e. The van der Waals surface area contributed by atoms with Gasteiger partial charge < -0.3 is 14.5 Å². The van der Waals surface area contributed by atoms with Crippen LogP contribution in [-0.2, 0) is 21.2 Å². The Hall–Kier alpha value is -2.07. The summed E-state index contributed by atoms with van der Waals surface area (Å²) in [5.41, 5.74) is 1.09. The lowest BCUT2D eigenvalue weighted by atomic mass is 10.2. The number of benzene rings is 1. The third kappa shape index (κ3) is 5.46. The number of ether oxygens (including phenoxy) is 1. The molecule has 0 bridgehead atoms. The molecule has 1 aliphatic heterocycles. The van der Waals surface area contributed by atoms with Gasteiger partial charge in [0, 0.05) is 6.04 Å². The Morgan fingerprint density at radius 1 is 1.42 bits per heavy atom. The summed E-state index contributed by atoms with van der Waals surface area (Å²) < 4.78 is 33.8. The predicted octanol–water partition coefficient (Wildman–Crippen LogP) is 1.35. The molecule has 26 heavy (non-hydrogen) atoms. The average Bonchev–Trinajstić information content (AvgIpc) is 3.17. The number of rotatable bonds is 7. The summed E-state index contributed by atoms with van der Waals surface area (Å²) in [6.45, 7) is 2.11. The van der Waals surface area contributed by atoms with Crippen LogP contribution in [0.1, 0.15) is 17.9 Å². The van der Waals surface area contributed by atoms with Gasteiger partial charge in [-0.05, 0) is 31.0 Å². The van der Waals surface area contributed by atoms with Gasteiger partial charge in [0.1, 0.15) is 5.75 Å². The van der Waals surface area contributed by atoms with Crippen LogP contribution in [0.15, 0.2) is 33.9 Å². The Balaban J connectivity index is 1.42. The lowest BCUT2D eigenvalue weighted by Gasteiger charge is -2.09. The van der Waals surface area contributed by atoms with E-state index in [9.17, 15) is 13.2 Å². The van der Waals surface area contributed by atoms with E-state index in [2.05, 4.69) is 15.5 Å². The third-order valence-electron chi connectivity index (χ3n) is 3.72. The SMILES string of the molecule is Cc1cccc(OCc2nnc(SCC(=O)N[C@H]3CCS(=O)(=O)C3)o2)c1. The molecule has 1 aliphatic rings. The number of hydrogen-bond acceptors (Lipinski definition) is 8. The minimum absolute atomic E-state index is 0.00438. The van der Waals surface area contributed by atoms with Crippen LogP contribution in [0.3, 0.4) is 0 Å². The second kappa shape index (κ2) is 8.09. The Labute approximate surface area is 155 Å². The molecule has 140 valence electrons. The summed E-state index contributed by atoms with van der Waals surface area (Å²) in [5.74, 6) is 0.980. The molecule has 1 atom stereocenters. The van der Waals surface area contributed by atoms with Crippen molar-refractivity contribution in [1.29, 1.82) is 0 Å². The zero-order valence-electron chi connectivity index (χ0n) is 14.2. The fraction of sp³-hybridized carbons (Fsp3) is 0.438. The highest BCUT2D eigenvalue weighted by atomic mass is 32.2. The minimum Gasteiger partial charge on any atom is -0.484 e. The first-order chi connectivity index (χ1) is 12.4. The first-order valence-corrected chi connectivity index (χ1v) is 10.8. The van der Waals surface area contributed by atoms with Gasteiger partial charge in [-0.2, -0.15) is 0 Å². The van der Waals surface area contributed by atoms with Gasteiger partial charge in [-0.1, -0.05) is 23.9 Å². The summed E-state index contributed by atoms with van der Waals surface area (Å²) in [4.78, 5) is 11.9. The second-order valence-electron chi connectivity index (χ2n) is 6.02. The van der Waals surface area contributed by atoms with Gasteiger partial charge in [-0.25, -0.2) is 8.42 Å². The number of carbonyl (C=O) groups is 1. The standard InChI is InChI=1S/C16H19N3O5S2/c1-11-3-2-4-13(7-11)23-8-15-18-19-16(24-15)25-9-14(20)17-12-5-6-26(21,22)10-12/h2-4,7,12H,5-6,8-10H2,1H3,(H,17,20)/t12-/m0/s1. The molecule has 3 rings (SSSR count). The Bertz CT molecular complexity index is 882. The lowest BCUT2D eigenvalue weighted by molar-refractivity contribution is -0.119. The number of thioether (sulfide) groups is 1. The maximum absolute atomic E-state index is 11.9. The molecule has 0 saturated carbocycles. The minimum atomic E-state index is -3.01. The summed E-state index contributed by atoms with van der Waals surface area (Å²) in [5, 5.41) is 10.7. The third-order valence-corrected chi connectivity index (χ3v) is 6.31. The van der Waals surface area contributed by atoms with Crippen molar-refractivity contribution >= 4 is 27.5 Å². The first-order valence-electron chi connectivity index (χ1n) is 8.04. The molecule has 0 unspecified atom stereocenters. The monoisotopic (exact) mass is 397 g/mol. The van der Waals surface area contributed by atoms with Crippen molar-refractivity contribution in [3.8, 4) is 5.75 Å². The van der Waals surface area contributed by atoms with Crippen LogP contribution in [-0.4, -0.2) is 47.8 Å². The molecule has 2 heterocycles. The lowest BCUT2D eigenvalue weighted by Crippen LogP contribution is -2.36. The molecule has 1 N–H and O–H groups in total. The highest BCUT2D eigenvalue weighted by Crippen LogP contribution is 2.18. The number of nitrogens with one attached hydrogen (secondary N) is 1. The quantitative estimate of drug-likeness (QED) is 0.697. The van der Waals surface area contributed by atoms with Crippen molar-refractivity contribution < 1.29 is 22.4 Å². The molecule has 0 radical (unpaired) electrons. The van der Waals surface area contributed by atoms with E-state index in [0.717, 1.165) is 17.3 Å². The van der Waals surface area contributed by atoms with Gasteiger partial charge in [0.25, 0.3) is 11.1 Å². The fourth-order valence-electron chi connectivity index (χ4n) is 2.51. The second-order valence-corrected chi connectivity index (χ2v) is 9.18. The first kappa shape index (κ1) is 18.7. The zero-order chi connectivity index (χ0) is 18.6. The van der Waals surface area contributed by atoms with Crippen LogP contribution in [0.5, 0.6) is 5.75 Å². The van der Waals surface area contributed by atoms with Crippen LogP contribution in [0.4, 0.5) is 0 Å². The number of amides is 1. The van der Waals surface area contributed by atoms with E-state index in [1.807, 2.05) is 31.2 Å². The van der Waals surface area contributed by atoms with E-state index < -0.39 is 9.84 Å². The molecule has 2 aromatic rings. The largest absolute Gasteiger partial charge is 0.484 e. The molecule has 10 heteroatoms. The van der Waals surface area contributed by atoms with Gasteiger partial charge in [-0.3, -0.25) is 4.79 Å². The summed E-state index contributed by atoms with van der Waals surface area (Å²) in [7, 11) is -3.01. The molecule has 1 fully saturated rings. The predicted molar refractivity (Wildman–Crippen MR) is 95.7 cm³/mol. The summed E-state index contributed by atoms with van der Waals surface area (Å²) in [6, 6.07) is 7.30. The van der Waals surface area contributed by atoms with Gasteiger partial charge in [0.05, 0.1) is 17.3 Å². The molecule has 0 spiro atoms. The summed E-state index contributed by atoms with van der Waals surface area (Å²) in [6.07, 6.45) is 0.458. The van der Waals surface area contributed by atoms with Crippen LogP contribution in [0, 0.1) is 6.92 Å². The van der Waals surface area contributed by atoms with Crippen molar-refractivity contribution in [3.63, 3.8) is 0 Å². The van der Waals surface area contributed by atoms with Gasteiger partial charge in [-0.15, -0.1) is 10.2 Å². The molecular formula is C16H19N3O5S2. The van der Waals surface area contributed by atoms with Crippen molar-refractivity contribution in [2.24, 2.45) is 0 Å². The van der Waals surface area contributed by atoms with E-state index >= 15 is 0 Å². The fourth-order valence-corrected chi connectivity index (χ4v) is 4.78. The van der Waals surface area contributed by atoms with Gasteiger partial charge >= 0.3 is 0 Å². The zero-order valence-corrected chi connectivity index (χ0v) is 15.8. The molecular weight excluding hydrogens is 378 g/mol. The molecule has 8 nitrogen and oxygen atoms in total. The van der Waals surface area contributed by atoms with E-state index in [4.69, 9.17) is 9.15 Å². The maximum Gasteiger partial charge on any atom is 0.277 e. The molecule has 1 saturated heterocycles. The number of nitrogens with zero attached hydrogens (tertiary/aromatic N) is 2. The molecule has 1 amide bonds. The van der Waals surface area contributed by atoms with Crippen LogP contribution >= 0.6 is 11.8 Å². The van der Waals surface area contributed by atoms with Crippen molar-refractivity contribution in [2.45, 2.75) is 31.2 Å². The number of hydrogen-bond donors (Lipinski definition) is 1. The molecule has 0 aliphatic carbocycles. The van der Waals surface area contributed by atoms with Crippen molar-refractivity contribution in [2.75, 3.05) is 17.3 Å². The highest BCUT2D eigenvalue weighted by Gasteiger charge is 2.28. The van der Waals surface area contributed by atoms with E-state index in [-0.39, 0.29) is 41.0 Å². The number of carbonyl (C=O) groups excluding carboxylic acids is 1. The van der Waals surface area contributed by atoms with Crippen molar-refractivity contribution in [1.82, 2.24) is 15.5 Å². The molecule has 1 aromatic heterocycles. The van der Waals surface area contributed by atoms with Gasteiger partial charge in [0.15, 0.2) is 16.4 Å². The normalized spacial score (nSPS) is 18.6. The molecule has 1 aromatic carbocycles. The van der Waals surface area contributed by atoms with E-state index in [1.165, 1.54) is 0 Å². The Morgan fingerprint density at radius 3 is 3.00 bits per heavy atom. The number of sulfone groups is 1. The van der Waals surface area contributed by atoms with Crippen LogP contribution in [0.25, 0.3) is 0 Å². The van der Waals surface area contributed by atoms with E-state index in [1.54, 1.807) is 0 Å². The number of aromatic nitrogens is 2. The summed E-state index contributed by atoms with van der Waals surface area (Å²) >= 11 is 1.10. The Morgan fingerprint density at radius 2 is 2.27 bits per heavy atom. The van der Waals surface area contributed by atoms with Crippen LogP contribution < -0.4 is 10.1 Å². The average molecular weight is 397 g/mol. The Kier molecular flexibility index (Phi) is 5.82. The highest BCUT2D eigenvalue weighted by molar-refractivity contribution is 7.99. The van der Waals surface area contributed by atoms with Crippen LogP contribution in [0.2, 0.25) is 0 Å². The van der Waals surface area contributed by atoms with E-state index in [0.29, 0.717) is 18.1 Å². The number of aryl methyl sites for hydroxylation is 1. The van der Waals surface area contributed by atoms with Crippen molar-refractivity contribution in [3.05, 3.63) is 35.7 Å². The van der Waals surface area contributed by atoms with Gasteiger partial charge in [0.2, 0.25) is 5.91 Å². The maximum atomic E-state index is 11.9. The topological polar surface area (TPSA) is 111 Å².